The molecule has 0 unspecified atom stereocenters. The molecule has 1 heterocycles. The Labute approximate surface area is 108 Å². The predicted octanol–water partition coefficient (Wildman–Crippen LogP) is 1.44. The zero-order valence-corrected chi connectivity index (χ0v) is 10.7. The van der Waals surface area contributed by atoms with E-state index >= 15 is 0 Å². The van der Waals surface area contributed by atoms with Crippen molar-refractivity contribution in [3.8, 4) is 0 Å². The lowest BCUT2D eigenvalue weighted by molar-refractivity contribution is -0.137. The summed E-state index contributed by atoms with van der Waals surface area (Å²) in [5, 5.41) is 3.30. The zero-order valence-electron chi connectivity index (χ0n) is 10.7. The lowest BCUT2D eigenvalue weighted by atomic mass is 9.94. The summed E-state index contributed by atoms with van der Waals surface area (Å²) < 4.78 is 0. The van der Waals surface area contributed by atoms with Gasteiger partial charge in [-0.2, -0.15) is 0 Å². The number of rotatable bonds is 3. The number of hydrogen-bond acceptors (Lipinski definition) is 2. The van der Waals surface area contributed by atoms with Gasteiger partial charge in [-0.25, -0.2) is 0 Å². The third kappa shape index (κ3) is 2.27. The molecule has 0 aromatic heterocycles. The fourth-order valence-electron chi connectivity index (χ4n) is 2.81. The Hall–Kier alpha value is -1.35. The van der Waals surface area contributed by atoms with Crippen LogP contribution in [0, 0.1) is 5.41 Å². The van der Waals surface area contributed by atoms with Crippen LogP contribution in [0.1, 0.15) is 18.4 Å². The average molecular weight is 244 g/mol. The van der Waals surface area contributed by atoms with Crippen molar-refractivity contribution in [1.29, 1.82) is 0 Å². The van der Waals surface area contributed by atoms with Crippen LogP contribution in [0.15, 0.2) is 30.3 Å². The van der Waals surface area contributed by atoms with Crippen molar-refractivity contribution < 1.29 is 4.79 Å². The van der Waals surface area contributed by atoms with Gasteiger partial charge in [0.2, 0.25) is 5.91 Å². The highest BCUT2D eigenvalue weighted by Crippen LogP contribution is 2.49. The van der Waals surface area contributed by atoms with Gasteiger partial charge in [0, 0.05) is 26.2 Å². The molecular formula is C15H20N2O. The van der Waals surface area contributed by atoms with E-state index < -0.39 is 0 Å². The van der Waals surface area contributed by atoms with E-state index in [4.69, 9.17) is 0 Å². The topological polar surface area (TPSA) is 32.3 Å². The summed E-state index contributed by atoms with van der Waals surface area (Å²) in [7, 11) is 0. The fraction of sp³-hybridized carbons (Fsp3) is 0.533. The Morgan fingerprint density at radius 3 is 2.44 bits per heavy atom. The third-order valence-electron chi connectivity index (χ3n) is 4.10. The molecule has 1 amide bonds. The minimum absolute atomic E-state index is 0.0707. The largest absolute Gasteiger partial charge is 0.340 e. The summed E-state index contributed by atoms with van der Waals surface area (Å²) in [6, 6.07) is 10.4. The zero-order chi connectivity index (χ0) is 12.4. The Kier molecular flexibility index (Phi) is 3.08. The number of carbonyl (C=O) groups is 1. The Balaban J connectivity index is 1.69. The van der Waals surface area contributed by atoms with Gasteiger partial charge in [0.05, 0.1) is 5.41 Å². The monoisotopic (exact) mass is 244 g/mol. The maximum Gasteiger partial charge on any atom is 0.229 e. The Morgan fingerprint density at radius 1 is 1.17 bits per heavy atom. The number of carbonyl (C=O) groups excluding carboxylic acids is 1. The van der Waals surface area contributed by atoms with Gasteiger partial charge in [-0.3, -0.25) is 4.79 Å². The first-order valence-electron chi connectivity index (χ1n) is 6.84. The lowest BCUT2D eigenvalue weighted by Crippen LogP contribution is -2.49. The molecule has 3 rings (SSSR count). The second kappa shape index (κ2) is 4.73. The number of benzene rings is 1. The molecule has 0 radical (unpaired) electrons. The highest BCUT2D eigenvalue weighted by atomic mass is 16.2. The molecule has 1 aromatic carbocycles. The molecule has 0 atom stereocenters. The molecule has 1 aliphatic carbocycles. The Morgan fingerprint density at radius 2 is 1.83 bits per heavy atom. The van der Waals surface area contributed by atoms with E-state index in [9.17, 15) is 4.79 Å². The van der Waals surface area contributed by atoms with Crippen LogP contribution < -0.4 is 5.32 Å². The van der Waals surface area contributed by atoms with Gasteiger partial charge in [0.15, 0.2) is 0 Å². The lowest BCUT2D eigenvalue weighted by Gasteiger charge is -2.31. The predicted molar refractivity (Wildman–Crippen MR) is 71.3 cm³/mol. The molecule has 96 valence electrons. The average Bonchev–Trinajstić information content (AvgIpc) is 3.21. The van der Waals surface area contributed by atoms with Gasteiger partial charge in [-0.15, -0.1) is 0 Å². The summed E-state index contributed by atoms with van der Waals surface area (Å²) in [5.41, 5.74) is 1.22. The van der Waals surface area contributed by atoms with Gasteiger partial charge in [-0.05, 0) is 24.8 Å². The van der Waals surface area contributed by atoms with Crippen LogP contribution in [0.5, 0.6) is 0 Å². The molecule has 0 spiro atoms. The van der Waals surface area contributed by atoms with Crippen molar-refractivity contribution in [2.45, 2.75) is 19.3 Å². The molecule has 18 heavy (non-hydrogen) atoms. The van der Waals surface area contributed by atoms with Crippen molar-refractivity contribution in [3.05, 3.63) is 35.9 Å². The maximum atomic E-state index is 12.6. The first kappa shape index (κ1) is 11.7. The SMILES string of the molecule is O=C(N1CCNCC1)C1(Cc2ccccc2)CC1. The summed E-state index contributed by atoms with van der Waals surface area (Å²) >= 11 is 0. The molecule has 3 nitrogen and oxygen atoms in total. The van der Waals surface area contributed by atoms with Crippen LogP contribution in [0.4, 0.5) is 0 Å². The van der Waals surface area contributed by atoms with Crippen molar-refractivity contribution in [2.24, 2.45) is 5.41 Å². The number of nitrogens with one attached hydrogen (secondary N) is 1. The van der Waals surface area contributed by atoms with Crippen molar-refractivity contribution >= 4 is 5.91 Å². The highest BCUT2D eigenvalue weighted by molar-refractivity contribution is 5.85. The fourth-order valence-corrected chi connectivity index (χ4v) is 2.81. The van der Waals surface area contributed by atoms with Crippen LogP contribution in [0.25, 0.3) is 0 Å². The molecule has 1 N–H and O–H groups in total. The number of hydrogen-bond donors (Lipinski definition) is 1. The molecule has 0 bridgehead atoms. The second-order valence-electron chi connectivity index (χ2n) is 5.48. The number of nitrogens with zero attached hydrogens (tertiary/aromatic N) is 1. The van der Waals surface area contributed by atoms with E-state index in [2.05, 4.69) is 29.6 Å². The molecular weight excluding hydrogens is 224 g/mol. The van der Waals surface area contributed by atoms with Crippen molar-refractivity contribution in [2.75, 3.05) is 26.2 Å². The van der Waals surface area contributed by atoms with Gasteiger partial charge in [0.1, 0.15) is 0 Å². The summed E-state index contributed by atoms with van der Waals surface area (Å²) in [5.74, 6) is 0.382. The van der Waals surface area contributed by atoms with E-state index in [1.165, 1.54) is 5.56 Å². The molecule has 2 aliphatic rings. The first-order chi connectivity index (χ1) is 8.80. The molecule has 2 fully saturated rings. The quantitative estimate of drug-likeness (QED) is 0.872. The maximum absolute atomic E-state index is 12.6. The summed E-state index contributed by atoms with van der Waals surface area (Å²) in [6.07, 6.45) is 3.03. The van der Waals surface area contributed by atoms with E-state index in [1.807, 2.05) is 11.0 Å². The molecule has 3 heteroatoms. The van der Waals surface area contributed by atoms with Crippen molar-refractivity contribution in [3.63, 3.8) is 0 Å². The van der Waals surface area contributed by atoms with Crippen LogP contribution >= 0.6 is 0 Å². The van der Waals surface area contributed by atoms with E-state index in [-0.39, 0.29) is 5.41 Å². The van der Waals surface area contributed by atoms with Gasteiger partial charge in [0.25, 0.3) is 0 Å². The Bertz CT molecular complexity index is 419. The van der Waals surface area contributed by atoms with Gasteiger partial charge < -0.3 is 10.2 Å². The first-order valence-corrected chi connectivity index (χ1v) is 6.84. The van der Waals surface area contributed by atoms with Crippen LogP contribution in [-0.2, 0) is 11.2 Å². The minimum Gasteiger partial charge on any atom is -0.340 e. The minimum atomic E-state index is -0.0707. The van der Waals surface area contributed by atoms with Gasteiger partial charge in [-0.1, -0.05) is 30.3 Å². The van der Waals surface area contributed by atoms with E-state index in [1.54, 1.807) is 0 Å². The smallest absolute Gasteiger partial charge is 0.229 e. The standard InChI is InChI=1S/C15H20N2O/c18-14(17-10-8-16-9-11-17)15(6-7-15)12-13-4-2-1-3-5-13/h1-5,16H,6-12H2. The molecule has 1 aromatic rings. The van der Waals surface area contributed by atoms with Crippen LogP contribution in [0.2, 0.25) is 0 Å². The molecule has 1 saturated heterocycles. The third-order valence-corrected chi connectivity index (χ3v) is 4.10. The summed E-state index contributed by atoms with van der Waals surface area (Å²) in [4.78, 5) is 14.6. The van der Waals surface area contributed by atoms with E-state index in [0.717, 1.165) is 45.4 Å². The second-order valence-corrected chi connectivity index (χ2v) is 5.48. The summed E-state index contributed by atoms with van der Waals surface area (Å²) in [6.45, 7) is 3.62. The van der Waals surface area contributed by atoms with E-state index in [0.29, 0.717) is 5.91 Å². The number of amides is 1. The van der Waals surface area contributed by atoms with Gasteiger partial charge >= 0.3 is 0 Å². The van der Waals surface area contributed by atoms with Crippen molar-refractivity contribution in [1.82, 2.24) is 10.2 Å². The van der Waals surface area contributed by atoms with Crippen LogP contribution in [-0.4, -0.2) is 37.0 Å². The number of piperazine rings is 1. The molecule has 1 saturated carbocycles. The van der Waals surface area contributed by atoms with Crippen LogP contribution in [0.3, 0.4) is 0 Å². The highest BCUT2D eigenvalue weighted by Gasteiger charge is 2.51. The normalized spacial score (nSPS) is 21.7. The molecule has 1 aliphatic heterocycles.